The molecule has 1 aliphatic heterocycles. The van der Waals surface area contributed by atoms with E-state index in [1.165, 1.54) is 12.8 Å². The van der Waals surface area contributed by atoms with Crippen LogP contribution < -0.4 is 15.8 Å². The lowest BCUT2D eigenvalue weighted by Gasteiger charge is -2.27. The van der Waals surface area contributed by atoms with E-state index >= 15 is 0 Å². The van der Waals surface area contributed by atoms with Crippen LogP contribution in [0.15, 0.2) is 6.20 Å². The number of aromatic nitrogens is 4. The van der Waals surface area contributed by atoms with Crippen molar-refractivity contribution < 1.29 is 4.74 Å². The first-order chi connectivity index (χ1) is 11.6. The Hall–Kier alpha value is -1.89. The van der Waals surface area contributed by atoms with E-state index in [0.29, 0.717) is 29.4 Å². The average molecular weight is 332 g/mol. The van der Waals surface area contributed by atoms with Gasteiger partial charge in [-0.05, 0) is 52.0 Å². The lowest BCUT2D eigenvalue weighted by molar-refractivity contribution is 0.189. The van der Waals surface area contributed by atoms with Crippen molar-refractivity contribution >= 4 is 11.5 Å². The lowest BCUT2D eigenvalue weighted by Crippen LogP contribution is -2.36. The number of nitrogens with one attached hydrogen (secondary N) is 1. The molecule has 0 saturated carbocycles. The van der Waals surface area contributed by atoms with Crippen LogP contribution in [0.5, 0.6) is 6.01 Å². The topological polar surface area (TPSA) is 90.4 Å². The largest absolute Gasteiger partial charge is 0.459 e. The highest BCUT2D eigenvalue weighted by atomic mass is 16.5. The maximum atomic E-state index is 6.05. The molecule has 1 saturated heterocycles. The van der Waals surface area contributed by atoms with E-state index in [-0.39, 0.29) is 6.10 Å². The van der Waals surface area contributed by atoms with Crippen molar-refractivity contribution in [3.8, 4) is 6.01 Å². The number of imidazole rings is 1. The minimum Gasteiger partial charge on any atom is -0.459 e. The summed E-state index contributed by atoms with van der Waals surface area (Å²) in [6.45, 7) is 7.47. The number of nitrogens with zero attached hydrogens (tertiary/aromatic N) is 4. The van der Waals surface area contributed by atoms with E-state index in [0.717, 1.165) is 31.5 Å². The predicted octanol–water partition coefficient (Wildman–Crippen LogP) is 2.20. The highest BCUT2D eigenvalue weighted by molar-refractivity contribution is 5.59. The number of hydrogen-bond acceptors (Lipinski definition) is 6. The Labute approximate surface area is 143 Å². The molecule has 24 heavy (non-hydrogen) atoms. The zero-order valence-electron chi connectivity index (χ0n) is 14.8. The summed E-state index contributed by atoms with van der Waals surface area (Å²) in [5.41, 5.74) is 7.74. The van der Waals surface area contributed by atoms with Crippen molar-refractivity contribution in [2.75, 3.05) is 12.3 Å². The van der Waals surface area contributed by atoms with Crippen LogP contribution in [0.2, 0.25) is 0 Å². The van der Waals surface area contributed by atoms with Gasteiger partial charge in [-0.15, -0.1) is 5.10 Å². The Morgan fingerprint density at radius 3 is 3.08 bits per heavy atom. The standard InChI is InChI=1S/C17H28N6O/c1-4-5-12(3)24-17-21-15(18)16-20-10-14(23(16)22-17)9-13-6-7-19-11(2)8-13/h10-13,19H,4-9H2,1-3H3,(H2,18,21,22)/t11-,12+,13+/m1/s1. The van der Waals surface area contributed by atoms with E-state index in [1.54, 1.807) is 0 Å². The molecule has 7 heteroatoms. The molecule has 3 heterocycles. The van der Waals surface area contributed by atoms with E-state index in [4.69, 9.17) is 10.5 Å². The van der Waals surface area contributed by atoms with Gasteiger partial charge in [-0.3, -0.25) is 0 Å². The third kappa shape index (κ3) is 3.77. The molecule has 7 nitrogen and oxygen atoms in total. The van der Waals surface area contributed by atoms with Gasteiger partial charge >= 0.3 is 6.01 Å². The molecule has 0 aliphatic carbocycles. The van der Waals surface area contributed by atoms with Gasteiger partial charge in [0.2, 0.25) is 0 Å². The van der Waals surface area contributed by atoms with E-state index in [1.807, 2.05) is 17.6 Å². The number of nitrogens with two attached hydrogens (primary N) is 1. The van der Waals surface area contributed by atoms with E-state index < -0.39 is 0 Å². The van der Waals surface area contributed by atoms with E-state index in [2.05, 4.69) is 34.2 Å². The van der Waals surface area contributed by atoms with Crippen LogP contribution in [0.3, 0.4) is 0 Å². The van der Waals surface area contributed by atoms with Crippen LogP contribution in [0.1, 0.15) is 52.1 Å². The summed E-state index contributed by atoms with van der Waals surface area (Å²) >= 11 is 0. The van der Waals surface area contributed by atoms with Crippen LogP contribution in [-0.4, -0.2) is 38.3 Å². The molecule has 1 aliphatic rings. The summed E-state index contributed by atoms with van der Waals surface area (Å²) in [5, 5.41) is 8.02. The van der Waals surface area contributed by atoms with Gasteiger partial charge in [0.1, 0.15) is 0 Å². The Balaban J connectivity index is 1.82. The van der Waals surface area contributed by atoms with E-state index in [9.17, 15) is 0 Å². The van der Waals surface area contributed by atoms with Crippen molar-refractivity contribution in [1.82, 2.24) is 24.9 Å². The smallest absolute Gasteiger partial charge is 0.336 e. The summed E-state index contributed by atoms with van der Waals surface area (Å²) < 4.78 is 7.62. The first-order valence-electron chi connectivity index (χ1n) is 8.97. The monoisotopic (exact) mass is 332 g/mol. The fraction of sp³-hybridized carbons (Fsp3) is 0.706. The van der Waals surface area contributed by atoms with Gasteiger partial charge in [-0.25, -0.2) is 9.50 Å². The van der Waals surface area contributed by atoms with Gasteiger partial charge in [0.05, 0.1) is 18.0 Å². The van der Waals surface area contributed by atoms with Crippen molar-refractivity contribution in [3.05, 3.63) is 11.9 Å². The molecule has 3 atom stereocenters. The second-order valence-corrected chi connectivity index (χ2v) is 6.93. The van der Waals surface area contributed by atoms with Crippen LogP contribution in [0.25, 0.3) is 5.65 Å². The van der Waals surface area contributed by atoms with Gasteiger partial charge in [0, 0.05) is 6.04 Å². The fourth-order valence-corrected chi connectivity index (χ4v) is 3.48. The predicted molar refractivity (Wildman–Crippen MR) is 94.1 cm³/mol. The first kappa shape index (κ1) is 17.0. The molecule has 3 rings (SSSR count). The minimum atomic E-state index is 0.0732. The number of fused-ring (bicyclic) bond motifs is 1. The van der Waals surface area contributed by atoms with Crippen LogP contribution in [0.4, 0.5) is 5.82 Å². The van der Waals surface area contributed by atoms with Crippen molar-refractivity contribution in [2.45, 2.75) is 65.0 Å². The third-order valence-corrected chi connectivity index (χ3v) is 4.67. The molecule has 3 N–H and O–H groups in total. The molecule has 132 valence electrons. The molecule has 0 bridgehead atoms. The highest BCUT2D eigenvalue weighted by Gasteiger charge is 2.21. The van der Waals surface area contributed by atoms with Gasteiger partial charge < -0.3 is 15.8 Å². The van der Waals surface area contributed by atoms with Gasteiger partial charge in [-0.1, -0.05) is 13.3 Å². The Kier molecular flexibility index (Phi) is 5.18. The number of nitrogen functional groups attached to an aromatic ring is 1. The zero-order valence-corrected chi connectivity index (χ0v) is 14.8. The number of anilines is 1. The normalized spacial score (nSPS) is 22.6. The lowest BCUT2D eigenvalue weighted by atomic mass is 9.89. The Bertz CT molecular complexity index is 685. The van der Waals surface area contributed by atoms with Crippen LogP contribution >= 0.6 is 0 Å². The second-order valence-electron chi connectivity index (χ2n) is 6.93. The van der Waals surface area contributed by atoms with Crippen LogP contribution in [-0.2, 0) is 6.42 Å². The van der Waals surface area contributed by atoms with Gasteiger partial charge in [0.15, 0.2) is 11.5 Å². The zero-order chi connectivity index (χ0) is 17.1. The minimum absolute atomic E-state index is 0.0732. The Morgan fingerprint density at radius 2 is 2.33 bits per heavy atom. The van der Waals surface area contributed by atoms with Crippen molar-refractivity contribution in [1.29, 1.82) is 0 Å². The number of rotatable bonds is 6. The van der Waals surface area contributed by atoms with Crippen LogP contribution in [0, 0.1) is 5.92 Å². The average Bonchev–Trinajstić information content (AvgIpc) is 2.91. The fourth-order valence-electron chi connectivity index (χ4n) is 3.48. The molecule has 0 aromatic carbocycles. The van der Waals surface area contributed by atoms with Gasteiger partial charge in [0.25, 0.3) is 0 Å². The second kappa shape index (κ2) is 7.34. The third-order valence-electron chi connectivity index (χ3n) is 4.67. The molecular formula is C17H28N6O. The maximum Gasteiger partial charge on any atom is 0.336 e. The van der Waals surface area contributed by atoms with Gasteiger partial charge in [-0.2, -0.15) is 4.98 Å². The molecule has 2 aromatic heterocycles. The molecule has 1 fully saturated rings. The van der Waals surface area contributed by atoms with Crippen molar-refractivity contribution in [3.63, 3.8) is 0 Å². The summed E-state index contributed by atoms with van der Waals surface area (Å²) in [7, 11) is 0. The quantitative estimate of drug-likeness (QED) is 0.843. The number of ether oxygens (including phenoxy) is 1. The summed E-state index contributed by atoms with van der Waals surface area (Å²) in [5.74, 6) is 1.01. The number of hydrogen-bond donors (Lipinski definition) is 2. The SMILES string of the molecule is CCC[C@H](C)Oc1nc(N)c2ncc(C[C@H]3CCN[C@H](C)C3)n2n1. The number of piperidine rings is 1. The molecule has 2 aromatic rings. The summed E-state index contributed by atoms with van der Waals surface area (Å²) in [4.78, 5) is 8.65. The first-order valence-corrected chi connectivity index (χ1v) is 8.97. The maximum absolute atomic E-state index is 6.05. The molecule has 0 spiro atoms. The summed E-state index contributed by atoms with van der Waals surface area (Å²) in [6.07, 6.45) is 7.26. The highest BCUT2D eigenvalue weighted by Crippen LogP contribution is 2.23. The molecule has 0 radical (unpaired) electrons. The summed E-state index contributed by atoms with van der Waals surface area (Å²) in [6, 6.07) is 0.898. The Morgan fingerprint density at radius 1 is 1.50 bits per heavy atom. The molecular weight excluding hydrogens is 304 g/mol. The van der Waals surface area contributed by atoms with Crippen molar-refractivity contribution in [2.24, 2.45) is 5.92 Å². The molecule has 0 unspecified atom stereocenters. The molecule has 0 amide bonds.